The summed E-state index contributed by atoms with van der Waals surface area (Å²) in [4.78, 5) is 29.1. The van der Waals surface area contributed by atoms with Gasteiger partial charge in [-0.15, -0.1) is 22.7 Å². The molecule has 0 saturated heterocycles. The average Bonchev–Trinajstić information content (AvgIpc) is 3.35. The SMILES string of the molecule is COC(=O)C[C@@H](NC(=O)Nc1ccc(-c2nccs2)cc1)c1cccs1. The van der Waals surface area contributed by atoms with Gasteiger partial charge < -0.3 is 15.4 Å². The van der Waals surface area contributed by atoms with Gasteiger partial charge in [-0.2, -0.15) is 0 Å². The van der Waals surface area contributed by atoms with Crippen LogP contribution in [0.25, 0.3) is 10.6 Å². The molecule has 2 heterocycles. The van der Waals surface area contributed by atoms with Crippen molar-refractivity contribution in [3.05, 3.63) is 58.2 Å². The molecular weight excluding hydrogens is 370 g/mol. The molecule has 3 rings (SSSR count). The van der Waals surface area contributed by atoms with Crippen molar-refractivity contribution in [1.82, 2.24) is 10.3 Å². The third-order valence-corrected chi connectivity index (χ3v) is 5.42. The van der Waals surface area contributed by atoms with E-state index in [1.54, 1.807) is 17.5 Å². The molecule has 0 spiro atoms. The van der Waals surface area contributed by atoms with E-state index >= 15 is 0 Å². The first-order valence-electron chi connectivity index (χ1n) is 7.83. The molecule has 0 saturated carbocycles. The molecule has 6 nitrogen and oxygen atoms in total. The highest BCUT2D eigenvalue weighted by Gasteiger charge is 2.19. The van der Waals surface area contributed by atoms with Gasteiger partial charge in [-0.05, 0) is 35.7 Å². The molecule has 0 aliphatic heterocycles. The number of carbonyl (C=O) groups is 2. The number of thiophene rings is 1. The minimum absolute atomic E-state index is 0.0768. The Balaban J connectivity index is 1.63. The molecule has 8 heteroatoms. The number of aromatic nitrogens is 1. The second-order valence-corrected chi connectivity index (χ2v) is 7.24. The number of nitrogens with zero attached hydrogens (tertiary/aromatic N) is 1. The smallest absolute Gasteiger partial charge is 0.319 e. The van der Waals surface area contributed by atoms with Crippen molar-refractivity contribution in [3.63, 3.8) is 0 Å². The molecule has 0 aliphatic rings. The Bertz CT molecular complexity index is 846. The summed E-state index contributed by atoms with van der Waals surface area (Å²) in [6.45, 7) is 0. The van der Waals surface area contributed by atoms with Gasteiger partial charge in [0.1, 0.15) is 5.01 Å². The van der Waals surface area contributed by atoms with Crippen LogP contribution in [0.15, 0.2) is 53.4 Å². The fourth-order valence-electron chi connectivity index (χ4n) is 2.35. The summed E-state index contributed by atoms with van der Waals surface area (Å²) in [6.07, 6.45) is 1.83. The van der Waals surface area contributed by atoms with E-state index in [1.165, 1.54) is 18.4 Å². The highest BCUT2D eigenvalue weighted by molar-refractivity contribution is 7.13. The molecule has 1 aromatic carbocycles. The maximum atomic E-state index is 12.3. The number of rotatable bonds is 6. The second kappa shape index (κ2) is 8.59. The highest BCUT2D eigenvalue weighted by Crippen LogP contribution is 2.24. The Morgan fingerprint density at radius 3 is 2.58 bits per heavy atom. The lowest BCUT2D eigenvalue weighted by Crippen LogP contribution is -2.33. The van der Waals surface area contributed by atoms with Gasteiger partial charge in [-0.25, -0.2) is 9.78 Å². The minimum Gasteiger partial charge on any atom is -0.469 e. The molecule has 0 bridgehead atoms. The van der Waals surface area contributed by atoms with E-state index in [1.807, 2.05) is 47.2 Å². The predicted molar refractivity (Wildman–Crippen MR) is 103 cm³/mol. The standard InChI is InChI=1S/C18H17N3O3S2/c1-24-16(22)11-14(15-3-2-9-25-15)21-18(23)20-13-6-4-12(5-7-13)17-19-8-10-26-17/h2-10,14H,11H2,1H3,(H2,20,21,23)/t14-/m1/s1. The van der Waals surface area contributed by atoms with Crippen LogP contribution < -0.4 is 10.6 Å². The van der Waals surface area contributed by atoms with E-state index in [4.69, 9.17) is 4.74 Å². The van der Waals surface area contributed by atoms with Gasteiger partial charge in [0.15, 0.2) is 0 Å². The number of thiazole rings is 1. The number of benzene rings is 1. The molecule has 134 valence electrons. The first-order valence-corrected chi connectivity index (χ1v) is 9.59. The molecule has 3 aromatic rings. The number of carbonyl (C=O) groups excluding carboxylic acids is 2. The van der Waals surface area contributed by atoms with Gasteiger partial charge in [0.05, 0.1) is 19.6 Å². The van der Waals surface area contributed by atoms with E-state index < -0.39 is 6.04 Å². The Hall–Kier alpha value is -2.71. The number of amides is 2. The number of hydrogen-bond donors (Lipinski definition) is 2. The molecule has 0 aliphatic carbocycles. The van der Waals surface area contributed by atoms with Crippen LogP contribution in [-0.2, 0) is 9.53 Å². The van der Waals surface area contributed by atoms with Gasteiger partial charge in [0.25, 0.3) is 0 Å². The quantitative estimate of drug-likeness (QED) is 0.618. The van der Waals surface area contributed by atoms with Crippen molar-refractivity contribution >= 4 is 40.4 Å². The lowest BCUT2D eigenvalue weighted by atomic mass is 10.1. The van der Waals surface area contributed by atoms with Crippen LogP contribution in [0.1, 0.15) is 17.3 Å². The van der Waals surface area contributed by atoms with Gasteiger partial charge in [-0.1, -0.05) is 6.07 Å². The van der Waals surface area contributed by atoms with Crippen molar-refractivity contribution in [3.8, 4) is 10.6 Å². The predicted octanol–water partition coefficient (Wildman–Crippen LogP) is 4.30. The van der Waals surface area contributed by atoms with Crippen molar-refractivity contribution < 1.29 is 14.3 Å². The van der Waals surface area contributed by atoms with Crippen LogP contribution in [0.3, 0.4) is 0 Å². The Morgan fingerprint density at radius 2 is 1.96 bits per heavy atom. The Kier molecular flexibility index (Phi) is 5.98. The molecule has 0 fully saturated rings. The van der Waals surface area contributed by atoms with Crippen LogP contribution in [0.2, 0.25) is 0 Å². The van der Waals surface area contributed by atoms with E-state index in [9.17, 15) is 9.59 Å². The van der Waals surface area contributed by atoms with Gasteiger partial charge >= 0.3 is 12.0 Å². The Morgan fingerprint density at radius 1 is 1.15 bits per heavy atom. The number of methoxy groups -OCH3 is 1. The molecule has 1 atom stereocenters. The van der Waals surface area contributed by atoms with E-state index in [-0.39, 0.29) is 18.4 Å². The first kappa shape index (κ1) is 18.1. The number of esters is 1. The van der Waals surface area contributed by atoms with Crippen LogP contribution in [0, 0.1) is 0 Å². The summed E-state index contributed by atoms with van der Waals surface area (Å²) in [5, 5.41) is 10.4. The zero-order valence-corrected chi connectivity index (χ0v) is 15.6. The molecule has 2 amide bonds. The van der Waals surface area contributed by atoms with Crippen molar-refractivity contribution in [2.75, 3.05) is 12.4 Å². The largest absolute Gasteiger partial charge is 0.469 e. The fourth-order valence-corrected chi connectivity index (χ4v) is 3.77. The monoisotopic (exact) mass is 387 g/mol. The average molecular weight is 387 g/mol. The molecule has 2 N–H and O–H groups in total. The number of hydrogen-bond acceptors (Lipinski definition) is 6. The molecular formula is C18H17N3O3S2. The number of urea groups is 1. The summed E-state index contributed by atoms with van der Waals surface area (Å²) in [7, 11) is 1.33. The number of nitrogens with one attached hydrogen (secondary N) is 2. The first-order chi connectivity index (χ1) is 12.7. The van der Waals surface area contributed by atoms with Crippen molar-refractivity contribution in [2.45, 2.75) is 12.5 Å². The molecule has 26 heavy (non-hydrogen) atoms. The summed E-state index contributed by atoms with van der Waals surface area (Å²) >= 11 is 3.03. The molecule has 2 aromatic heterocycles. The third-order valence-electron chi connectivity index (χ3n) is 3.61. The molecule has 0 unspecified atom stereocenters. The summed E-state index contributed by atoms with van der Waals surface area (Å²) in [5.74, 6) is -0.378. The van der Waals surface area contributed by atoms with Crippen molar-refractivity contribution in [2.24, 2.45) is 0 Å². The minimum atomic E-state index is -0.433. The lowest BCUT2D eigenvalue weighted by molar-refractivity contribution is -0.141. The third kappa shape index (κ3) is 4.68. The fraction of sp³-hybridized carbons (Fsp3) is 0.167. The zero-order valence-electron chi connectivity index (χ0n) is 14.0. The van der Waals surface area contributed by atoms with E-state index in [0.717, 1.165) is 15.4 Å². The van der Waals surface area contributed by atoms with Crippen LogP contribution in [0.5, 0.6) is 0 Å². The Labute approximate surface area is 158 Å². The van der Waals surface area contributed by atoms with Gasteiger partial charge in [0.2, 0.25) is 0 Å². The summed E-state index contributed by atoms with van der Waals surface area (Å²) in [6, 6.07) is 10.4. The van der Waals surface area contributed by atoms with Gasteiger partial charge in [0, 0.05) is 27.7 Å². The second-order valence-electron chi connectivity index (χ2n) is 5.36. The van der Waals surface area contributed by atoms with Crippen LogP contribution >= 0.6 is 22.7 Å². The zero-order chi connectivity index (χ0) is 18.4. The van der Waals surface area contributed by atoms with Gasteiger partial charge in [-0.3, -0.25) is 4.79 Å². The number of anilines is 1. The molecule has 0 radical (unpaired) electrons. The van der Waals surface area contributed by atoms with E-state index in [2.05, 4.69) is 15.6 Å². The van der Waals surface area contributed by atoms with E-state index in [0.29, 0.717) is 5.69 Å². The maximum absolute atomic E-state index is 12.3. The normalized spacial score (nSPS) is 11.6. The lowest BCUT2D eigenvalue weighted by Gasteiger charge is -2.17. The summed E-state index contributed by atoms with van der Waals surface area (Å²) < 4.78 is 4.72. The topological polar surface area (TPSA) is 80.3 Å². The highest BCUT2D eigenvalue weighted by atomic mass is 32.1. The maximum Gasteiger partial charge on any atom is 0.319 e. The number of ether oxygens (including phenoxy) is 1. The van der Waals surface area contributed by atoms with Crippen LogP contribution in [0.4, 0.5) is 10.5 Å². The van der Waals surface area contributed by atoms with Crippen LogP contribution in [-0.4, -0.2) is 24.1 Å². The summed E-state index contributed by atoms with van der Waals surface area (Å²) in [5.41, 5.74) is 1.65. The van der Waals surface area contributed by atoms with Crippen molar-refractivity contribution in [1.29, 1.82) is 0 Å².